The molecule has 0 aliphatic rings. The van der Waals surface area contributed by atoms with E-state index in [1.165, 1.54) is 5.56 Å². The van der Waals surface area contributed by atoms with Gasteiger partial charge in [0.2, 0.25) is 0 Å². The molecule has 2 N–H and O–H groups in total. The number of carbonyl (C=O) groups excluding carboxylic acids is 1. The van der Waals surface area contributed by atoms with E-state index in [4.69, 9.17) is 0 Å². The first kappa shape index (κ1) is 15.7. The van der Waals surface area contributed by atoms with Crippen LogP contribution < -0.4 is 10.7 Å². The largest absolute Gasteiger partial charge is 0.376 e. The third-order valence-corrected chi connectivity index (χ3v) is 3.12. The molecule has 0 saturated carbocycles. The van der Waals surface area contributed by atoms with Gasteiger partial charge >= 0.3 is 0 Å². The predicted octanol–water partition coefficient (Wildman–Crippen LogP) is 2.77. The number of hydrogen-bond acceptors (Lipinski definition) is 4. The smallest absolute Gasteiger partial charge is 0.259 e. The lowest BCUT2D eigenvalue weighted by molar-refractivity contribution is -0.119. The molecule has 0 aliphatic carbocycles. The van der Waals surface area contributed by atoms with Gasteiger partial charge < -0.3 is 5.32 Å². The number of hydrazone groups is 1. The first-order chi connectivity index (χ1) is 10.6. The molecule has 22 heavy (non-hydrogen) atoms. The molecule has 5 heteroatoms. The van der Waals surface area contributed by atoms with Crippen molar-refractivity contribution < 1.29 is 4.79 Å². The van der Waals surface area contributed by atoms with Crippen molar-refractivity contribution in [1.82, 2.24) is 10.4 Å². The fourth-order valence-corrected chi connectivity index (χ4v) is 1.86. The number of rotatable bonds is 6. The zero-order valence-corrected chi connectivity index (χ0v) is 12.8. The highest BCUT2D eigenvalue weighted by Crippen LogP contribution is 2.18. The highest BCUT2D eigenvalue weighted by molar-refractivity contribution is 5.84. The van der Waals surface area contributed by atoms with Gasteiger partial charge in [-0.05, 0) is 41.3 Å². The average Bonchev–Trinajstić information content (AvgIpc) is 2.54. The fraction of sp³-hybridized carbons (Fsp3) is 0.235. The van der Waals surface area contributed by atoms with E-state index in [1.54, 1.807) is 18.6 Å². The number of pyridine rings is 1. The van der Waals surface area contributed by atoms with Crippen molar-refractivity contribution in [3.05, 3.63) is 59.9 Å². The van der Waals surface area contributed by atoms with Crippen molar-refractivity contribution in [1.29, 1.82) is 0 Å². The number of benzene rings is 1. The van der Waals surface area contributed by atoms with E-state index in [2.05, 4.69) is 46.8 Å². The summed E-state index contributed by atoms with van der Waals surface area (Å²) in [5, 5.41) is 7.00. The van der Waals surface area contributed by atoms with Crippen molar-refractivity contribution in [2.75, 3.05) is 11.9 Å². The van der Waals surface area contributed by atoms with E-state index in [-0.39, 0.29) is 12.5 Å². The quantitative estimate of drug-likeness (QED) is 0.636. The average molecular weight is 296 g/mol. The molecule has 1 heterocycles. The second-order valence-corrected chi connectivity index (χ2v) is 5.21. The number of carbonyl (C=O) groups is 1. The summed E-state index contributed by atoms with van der Waals surface area (Å²) in [5.74, 6) is 0.265. The molecule has 0 fully saturated rings. The second-order valence-electron chi connectivity index (χ2n) is 5.21. The van der Waals surface area contributed by atoms with Gasteiger partial charge in [0.1, 0.15) is 0 Å². The van der Waals surface area contributed by atoms with Crippen LogP contribution in [0.15, 0.2) is 53.9 Å². The SMILES string of the molecule is CC(C)c1cccc(NCC(=O)NN=Cc2ccncc2)c1. The molecule has 2 rings (SSSR count). The van der Waals surface area contributed by atoms with E-state index in [1.807, 2.05) is 24.3 Å². The highest BCUT2D eigenvalue weighted by atomic mass is 16.2. The zero-order valence-electron chi connectivity index (χ0n) is 12.8. The molecule has 0 atom stereocenters. The van der Waals surface area contributed by atoms with Gasteiger partial charge in [-0.15, -0.1) is 0 Å². The van der Waals surface area contributed by atoms with Gasteiger partial charge in [0.05, 0.1) is 12.8 Å². The summed E-state index contributed by atoms with van der Waals surface area (Å²) in [5.41, 5.74) is 5.54. The molecule has 0 radical (unpaired) electrons. The van der Waals surface area contributed by atoms with Gasteiger partial charge in [-0.25, -0.2) is 5.43 Å². The van der Waals surface area contributed by atoms with Gasteiger partial charge in [0.25, 0.3) is 5.91 Å². The minimum Gasteiger partial charge on any atom is -0.376 e. The Hall–Kier alpha value is -2.69. The van der Waals surface area contributed by atoms with Crippen molar-refractivity contribution >= 4 is 17.8 Å². The molecule has 0 aliphatic heterocycles. The summed E-state index contributed by atoms with van der Waals surface area (Å²) < 4.78 is 0. The maximum atomic E-state index is 11.7. The number of nitrogens with zero attached hydrogens (tertiary/aromatic N) is 2. The Balaban J connectivity index is 1.80. The molecule has 114 valence electrons. The molecule has 1 amide bonds. The van der Waals surface area contributed by atoms with Crippen LogP contribution in [0.4, 0.5) is 5.69 Å². The third kappa shape index (κ3) is 5.01. The van der Waals surface area contributed by atoms with Gasteiger partial charge in [-0.3, -0.25) is 9.78 Å². The van der Waals surface area contributed by atoms with Gasteiger partial charge in [0.15, 0.2) is 0 Å². The van der Waals surface area contributed by atoms with Crippen molar-refractivity contribution in [3.63, 3.8) is 0 Å². The Labute approximate surface area is 130 Å². The lowest BCUT2D eigenvalue weighted by Gasteiger charge is -2.09. The van der Waals surface area contributed by atoms with Gasteiger partial charge in [-0.1, -0.05) is 26.0 Å². The van der Waals surface area contributed by atoms with Crippen LogP contribution in [0.3, 0.4) is 0 Å². The summed E-state index contributed by atoms with van der Waals surface area (Å²) >= 11 is 0. The highest BCUT2D eigenvalue weighted by Gasteiger charge is 2.02. The lowest BCUT2D eigenvalue weighted by Crippen LogP contribution is -2.25. The first-order valence-corrected chi connectivity index (χ1v) is 7.21. The molecule has 0 unspecified atom stereocenters. The standard InChI is InChI=1S/C17H20N4O/c1-13(2)15-4-3-5-16(10-15)19-12-17(22)21-20-11-14-6-8-18-9-7-14/h3-11,13,19H,12H2,1-2H3,(H,21,22). The number of aromatic nitrogens is 1. The Bertz CT molecular complexity index is 638. The van der Waals surface area contributed by atoms with E-state index >= 15 is 0 Å². The van der Waals surface area contributed by atoms with Gasteiger partial charge in [-0.2, -0.15) is 5.10 Å². The molecular formula is C17H20N4O. The number of amides is 1. The number of hydrogen-bond donors (Lipinski definition) is 2. The third-order valence-electron chi connectivity index (χ3n) is 3.12. The monoisotopic (exact) mass is 296 g/mol. The van der Waals surface area contributed by atoms with Crippen molar-refractivity contribution in [2.24, 2.45) is 5.10 Å². The summed E-state index contributed by atoms with van der Waals surface area (Å²) in [4.78, 5) is 15.6. The molecule has 0 bridgehead atoms. The number of anilines is 1. The van der Waals surface area contributed by atoms with Crippen molar-refractivity contribution in [3.8, 4) is 0 Å². The lowest BCUT2D eigenvalue weighted by atomic mass is 10.0. The predicted molar refractivity (Wildman–Crippen MR) is 89.0 cm³/mol. The zero-order chi connectivity index (χ0) is 15.8. The summed E-state index contributed by atoms with van der Waals surface area (Å²) in [6.07, 6.45) is 4.93. The van der Waals surface area contributed by atoms with E-state index in [0.717, 1.165) is 11.3 Å². The normalized spacial score (nSPS) is 10.9. The minimum atomic E-state index is -0.194. The Morgan fingerprint density at radius 1 is 1.27 bits per heavy atom. The van der Waals surface area contributed by atoms with Crippen LogP contribution in [0, 0.1) is 0 Å². The Kier molecular flexibility index (Phi) is 5.65. The van der Waals surface area contributed by atoms with Crippen LogP contribution in [0.1, 0.15) is 30.9 Å². The van der Waals surface area contributed by atoms with E-state index in [0.29, 0.717) is 5.92 Å². The van der Waals surface area contributed by atoms with Crippen LogP contribution in [0.5, 0.6) is 0 Å². The summed E-state index contributed by atoms with van der Waals surface area (Å²) in [6.45, 7) is 4.45. The molecule has 1 aromatic heterocycles. The van der Waals surface area contributed by atoms with Crippen LogP contribution >= 0.6 is 0 Å². The van der Waals surface area contributed by atoms with E-state index in [9.17, 15) is 4.79 Å². The van der Waals surface area contributed by atoms with Crippen LogP contribution in [-0.2, 0) is 4.79 Å². The maximum Gasteiger partial charge on any atom is 0.259 e. The molecule has 1 aromatic carbocycles. The molecule has 2 aromatic rings. The maximum absolute atomic E-state index is 11.7. The summed E-state index contributed by atoms with van der Waals surface area (Å²) in [7, 11) is 0. The van der Waals surface area contributed by atoms with Gasteiger partial charge in [0, 0.05) is 18.1 Å². The molecular weight excluding hydrogens is 276 g/mol. The van der Waals surface area contributed by atoms with Crippen LogP contribution in [-0.4, -0.2) is 23.7 Å². The topological polar surface area (TPSA) is 66.4 Å². The minimum absolute atomic E-state index is 0.176. The van der Waals surface area contributed by atoms with E-state index < -0.39 is 0 Å². The van der Waals surface area contributed by atoms with Crippen LogP contribution in [0.25, 0.3) is 0 Å². The molecule has 0 spiro atoms. The molecule has 0 saturated heterocycles. The van der Waals surface area contributed by atoms with Crippen LogP contribution in [0.2, 0.25) is 0 Å². The molecule has 5 nitrogen and oxygen atoms in total. The van der Waals surface area contributed by atoms with Crippen molar-refractivity contribution in [2.45, 2.75) is 19.8 Å². The summed E-state index contributed by atoms with van der Waals surface area (Å²) in [6, 6.07) is 11.7. The second kappa shape index (κ2) is 7.93. The Morgan fingerprint density at radius 3 is 2.77 bits per heavy atom. The number of nitrogens with one attached hydrogen (secondary N) is 2. The fourth-order valence-electron chi connectivity index (χ4n) is 1.86. The first-order valence-electron chi connectivity index (χ1n) is 7.21. The Morgan fingerprint density at radius 2 is 2.05 bits per heavy atom.